The lowest BCUT2D eigenvalue weighted by Crippen LogP contribution is -2.02. The predicted molar refractivity (Wildman–Crippen MR) is 128 cm³/mol. The molecule has 0 aliphatic rings. The molecule has 0 saturated heterocycles. The second-order valence-corrected chi connectivity index (χ2v) is 9.58. The molecule has 4 rings (SSSR count). The van der Waals surface area contributed by atoms with Crippen LogP contribution in [-0.2, 0) is 24.5 Å². The fourth-order valence-electron chi connectivity index (χ4n) is 3.16. The number of hydrogen-bond donors (Lipinski definition) is 1. The lowest BCUT2D eigenvalue weighted by Gasteiger charge is -2.07. The Kier molecular flexibility index (Phi) is 7.18. The largest absolute Gasteiger partial charge is 0.478 e. The Hall–Kier alpha value is -2.35. The van der Waals surface area contributed by atoms with Crippen LogP contribution in [0, 0.1) is 0 Å². The van der Waals surface area contributed by atoms with Crippen molar-refractivity contribution in [3.8, 4) is 10.7 Å². The van der Waals surface area contributed by atoms with Crippen LogP contribution in [-0.4, -0.2) is 20.6 Å². The summed E-state index contributed by atoms with van der Waals surface area (Å²) < 4.78 is 8.51. The first-order valence-electron chi connectivity index (χ1n) is 9.54. The van der Waals surface area contributed by atoms with Crippen LogP contribution in [0.2, 0.25) is 14.4 Å². The van der Waals surface area contributed by atoms with E-state index in [2.05, 4.69) is 0 Å². The number of imidazole rings is 1. The van der Waals surface area contributed by atoms with Gasteiger partial charge in [-0.25, -0.2) is 9.78 Å². The number of halogens is 3. The first kappa shape index (κ1) is 22.8. The molecule has 0 radical (unpaired) electrons. The summed E-state index contributed by atoms with van der Waals surface area (Å²) in [5, 5.41) is 10.3. The number of carboxylic acids is 1. The van der Waals surface area contributed by atoms with Crippen molar-refractivity contribution in [3.05, 3.63) is 97.6 Å². The van der Waals surface area contributed by atoms with Gasteiger partial charge in [0.15, 0.2) is 5.82 Å². The average molecular weight is 508 g/mol. The van der Waals surface area contributed by atoms with E-state index in [1.165, 1.54) is 11.3 Å². The van der Waals surface area contributed by atoms with E-state index in [0.29, 0.717) is 34.1 Å². The van der Waals surface area contributed by atoms with E-state index in [9.17, 15) is 4.79 Å². The third-order valence-electron chi connectivity index (χ3n) is 4.69. The first-order chi connectivity index (χ1) is 15.4. The summed E-state index contributed by atoms with van der Waals surface area (Å²) in [7, 11) is 0. The molecule has 164 valence electrons. The number of carboxylic acid groups (broad SMARTS) is 1. The van der Waals surface area contributed by atoms with Crippen molar-refractivity contribution < 1.29 is 14.6 Å². The number of ether oxygens (including phenoxy) is 1. The molecule has 5 nitrogen and oxygen atoms in total. The Morgan fingerprint density at radius 3 is 2.50 bits per heavy atom. The molecule has 0 bridgehead atoms. The molecule has 0 saturated carbocycles. The Morgan fingerprint density at radius 2 is 1.81 bits per heavy atom. The van der Waals surface area contributed by atoms with Crippen LogP contribution in [0.4, 0.5) is 0 Å². The van der Waals surface area contributed by atoms with Gasteiger partial charge in [-0.2, -0.15) is 0 Å². The predicted octanol–water partition coefficient (Wildman–Crippen LogP) is 7.04. The number of benzene rings is 2. The summed E-state index contributed by atoms with van der Waals surface area (Å²) in [5.74, 6) is -0.184. The van der Waals surface area contributed by atoms with Crippen molar-refractivity contribution in [1.29, 1.82) is 0 Å². The standard InChI is InChI=1S/C23H17Cl3N2O3S/c24-17-5-6-19(25)16(9-17)12-31-13-18-11-28(22(27-18)20-7-8-21(26)32-20)10-14-1-3-15(4-2-14)23(29)30/h1-9,11H,10,12-13H2,(H,29,30). The van der Waals surface area contributed by atoms with Crippen molar-refractivity contribution in [1.82, 2.24) is 9.55 Å². The van der Waals surface area contributed by atoms with Gasteiger partial charge in [0.1, 0.15) is 0 Å². The highest BCUT2D eigenvalue weighted by atomic mass is 35.5. The molecule has 9 heteroatoms. The second kappa shape index (κ2) is 10.1. The van der Waals surface area contributed by atoms with Gasteiger partial charge in [-0.3, -0.25) is 0 Å². The van der Waals surface area contributed by atoms with E-state index in [1.807, 2.05) is 22.9 Å². The number of carbonyl (C=O) groups is 1. The summed E-state index contributed by atoms with van der Waals surface area (Å²) in [6, 6.07) is 15.8. The lowest BCUT2D eigenvalue weighted by atomic mass is 10.1. The number of rotatable bonds is 8. The highest BCUT2D eigenvalue weighted by Crippen LogP contribution is 2.31. The zero-order chi connectivity index (χ0) is 22.7. The molecule has 2 aromatic heterocycles. The quantitative estimate of drug-likeness (QED) is 0.278. The van der Waals surface area contributed by atoms with Gasteiger partial charge in [0.2, 0.25) is 0 Å². The lowest BCUT2D eigenvalue weighted by molar-refractivity contribution is 0.0697. The minimum atomic E-state index is -0.952. The maximum absolute atomic E-state index is 11.1. The van der Waals surface area contributed by atoms with E-state index in [0.717, 1.165) is 27.5 Å². The summed E-state index contributed by atoms with van der Waals surface area (Å²) in [6.45, 7) is 1.13. The van der Waals surface area contributed by atoms with Crippen LogP contribution in [0.25, 0.3) is 10.7 Å². The maximum Gasteiger partial charge on any atom is 0.335 e. The van der Waals surface area contributed by atoms with Crippen LogP contribution >= 0.6 is 46.1 Å². The molecule has 32 heavy (non-hydrogen) atoms. The van der Waals surface area contributed by atoms with E-state index < -0.39 is 5.97 Å². The van der Waals surface area contributed by atoms with E-state index in [-0.39, 0.29) is 5.56 Å². The number of hydrogen-bond acceptors (Lipinski definition) is 4. The smallest absolute Gasteiger partial charge is 0.335 e. The van der Waals surface area contributed by atoms with Crippen LogP contribution < -0.4 is 0 Å². The monoisotopic (exact) mass is 506 g/mol. The molecule has 0 unspecified atom stereocenters. The summed E-state index contributed by atoms with van der Waals surface area (Å²) in [5.41, 5.74) is 2.76. The Bertz CT molecular complexity index is 1250. The molecule has 0 amide bonds. The average Bonchev–Trinajstić information content (AvgIpc) is 3.37. The van der Waals surface area contributed by atoms with Crippen LogP contribution in [0.15, 0.2) is 60.8 Å². The van der Waals surface area contributed by atoms with E-state index >= 15 is 0 Å². The first-order valence-corrected chi connectivity index (χ1v) is 11.5. The normalized spacial score (nSPS) is 11.1. The summed E-state index contributed by atoms with van der Waals surface area (Å²) in [4.78, 5) is 16.8. The zero-order valence-corrected chi connectivity index (χ0v) is 19.7. The van der Waals surface area contributed by atoms with Crippen LogP contribution in [0.3, 0.4) is 0 Å². The molecule has 4 aromatic rings. The van der Waals surface area contributed by atoms with Gasteiger partial charge in [-0.15, -0.1) is 11.3 Å². The molecular weight excluding hydrogens is 491 g/mol. The number of nitrogens with zero attached hydrogens (tertiary/aromatic N) is 2. The van der Waals surface area contributed by atoms with Gasteiger partial charge in [0.05, 0.1) is 33.7 Å². The third kappa shape index (κ3) is 5.52. The fourth-order valence-corrected chi connectivity index (χ4v) is 4.58. The van der Waals surface area contributed by atoms with Gasteiger partial charge >= 0.3 is 5.97 Å². The number of thiophene rings is 1. The van der Waals surface area contributed by atoms with Crippen LogP contribution in [0.1, 0.15) is 27.2 Å². The van der Waals surface area contributed by atoms with Gasteiger partial charge in [0.25, 0.3) is 0 Å². The number of aromatic nitrogens is 2. The van der Waals surface area contributed by atoms with Crippen molar-refractivity contribution in [2.24, 2.45) is 0 Å². The van der Waals surface area contributed by atoms with Crippen molar-refractivity contribution in [2.75, 3.05) is 0 Å². The highest BCUT2D eigenvalue weighted by molar-refractivity contribution is 7.19. The minimum absolute atomic E-state index is 0.249. The minimum Gasteiger partial charge on any atom is -0.478 e. The number of aromatic carboxylic acids is 1. The molecule has 2 aromatic carbocycles. The van der Waals surface area contributed by atoms with Gasteiger partial charge in [-0.05, 0) is 53.6 Å². The molecule has 0 spiro atoms. The molecule has 0 fully saturated rings. The van der Waals surface area contributed by atoms with Crippen LogP contribution in [0.5, 0.6) is 0 Å². The van der Waals surface area contributed by atoms with Gasteiger partial charge < -0.3 is 14.4 Å². The van der Waals surface area contributed by atoms with Crippen molar-refractivity contribution in [3.63, 3.8) is 0 Å². The second-order valence-electron chi connectivity index (χ2n) is 7.02. The van der Waals surface area contributed by atoms with E-state index in [4.69, 9.17) is 49.6 Å². The van der Waals surface area contributed by atoms with Gasteiger partial charge in [0, 0.05) is 22.8 Å². The molecule has 0 aliphatic heterocycles. The van der Waals surface area contributed by atoms with Crippen molar-refractivity contribution in [2.45, 2.75) is 19.8 Å². The van der Waals surface area contributed by atoms with E-state index in [1.54, 1.807) is 42.5 Å². The molecule has 2 heterocycles. The molecule has 1 N–H and O–H groups in total. The van der Waals surface area contributed by atoms with Gasteiger partial charge in [-0.1, -0.05) is 46.9 Å². The maximum atomic E-state index is 11.1. The fraction of sp³-hybridized carbons (Fsp3) is 0.130. The molecule has 0 atom stereocenters. The summed E-state index contributed by atoms with van der Waals surface area (Å²) in [6.07, 6.45) is 1.92. The topological polar surface area (TPSA) is 64.3 Å². The van der Waals surface area contributed by atoms with Crippen molar-refractivity contribution >= 4 is 52.1 Å². The third-order valence-corrected chi connectivity index (χ3v) is 6.52. The molecular formula is C23H17Cl3N2O3S. The highest BCUT2D eigenvalue weighted by Gasteiger charge is 2.14. The summed E-state index contributed by atoms with van der Waals surface area (Å²) >= 11 is 19.8. The molecule has 0 aliphatic carbocycles. The Labute approximate surface area is 203 Å². The SMILES string of the molecule is O=C(O)c1ccc(Cn2cc(COCc3cc(Cl)ccc3Cl)nc2-c2ccc(Cl)s2)cc1. The Balaban J connectivity index is 1.54. The Morgan fingerprint density at radius 1 is 1.03 bits per heavy atom. The zero-order valence-electron chi connectivity index (χ0n) is 16.6.